The second kappa shape index (κ2) is 8.87. The third kappa shape index (κ3) is 4.22. The van der Waals surface area contributed by atoms with Crippen LogP contribution in [-0.4, -0.2) is 33.7 Å². The number of rotatable bonds is 7. The van der Waals surface area contributed by atoms with E-state index >= 15 is 0 Å². The lowest BCUT2D eigenvalue weighted by Gasteiger charge is -2.21. The van der Waals surface area contributed by atoms with E-state index in [9.17, 15) is 4.79 Å². The largest absolute Gasteiger partial charge is 0.337 e. The highest BCUT2D eigenvalue weighted by Crippen LogP contribution is 2.28. The molecule has 0 spiro atoms. The Morgan fingerprint density at radius 3 is 2.26 bits per heavy atom. The number of nitrogens with zero attached hydrogens (tertiary/aromatic N) is 3. The van der Waals surface area contributed by atoms with Crippen LogP contribution >= 0.6 is 11.6 Å². The smallest absolute Gasteiger partial charge is 0.272 e. The Morgan fingerprint density at radius 2 is 1.63 bits per heavy atom. The van der Waals surface area contributed by atoms with E-state index in [-0.39, 0.29) is 5.91 Å². The van der Waals surface area contributed by atoms with E-state index in [1.807, 2.05) is 65.6 Å². The Bertz CT molecular complexity index is 899. The Labute approximate surface area is 165 Å². The number of carbonyl (C=O) groups is 1. The van der Waals surface area contributed by atoms with Gasteiger partial charge in [-0.3, -0.25) is 4.79 Å². The molecule has 140 valence electrons. The molecular formula is C22H24ClN3O. The molecular weight excluding hydrogens is 358 g/mol. The summed E-state index contributed by atoms with van der Waals surface area (Å²) in [5, 5.41) is 5.34. The maximum absolute atomic E-state index is 13.3. The number of carbonyl (C=O) groups excluding carboxylic acids is 1. The van der Waals surface area contributed by atoms with Crippen LogP contribution in [0, 0.1) is 0 Å². The Morgan fingerprint density at radius 1 is 1.00 bits per heavy atom. The summed E-state index contributed by atoms with van der Waals surface area (Å²) in [5.41, 5.74) is 2.92. The maximum atomic E-state index is 13.3. The van der Waals surface area contributed by atoms with Crippen molar-refractivity contribution in [1.82, 2.24) is 14.7 Å². The zero-order valence-corrected chi connectivity index (χ0v) is 16.5. The first kappa shape index (κ1) is 19.2. The molecule has 0 aliphatic heterocycles. The molecule has 0 radical (unpaired) electrons. The average molecular weight is 382 g/mol. The van der Waals surface area contributed by atoms with Crippen LogP contribution in [0.5, 0.6) is 0 Å². The third-order valence-corrected chi connectivity index (χ3v) is 4.68. The van der Waals surface area contributed by atoms with Gasteiger partial charge in [0.2, 0.25) is 0 Å². The quantitative estimate of drug-likeness (QED) is 0.545. The number of aromatic nitrogens is 2. The molecule has 0 aliphatic carbocycles. The van der Waals surface area contributed by atoms with Crippen molar-refractivity contribution in [2.75, 3.05) is 13.1 Å². The van der Waals surface area contributed by atoms with Crippen LogP contribution in [0.15, 0.2) is 60.7 Å². The van der Waals surface area contributed by atoms with Gasteiger partial charge in [0.05, 0.1) is 16.4 Å². The fourth-order valence-electron chi connectivity index (χ4n) is 3.12. The molecule has 0 bridgehead atoms. The lowest BCUT2D eigenvalue weighted by molar-refractivity contribution is 0.0746. The topological polar surface area (TPSA) is 38.1 Å². The van der Waals surface area contributed by atoms with Crippen molar-refractivity contribution in [3.8, 4) is 16.9 Å². The van der Waals surface area contributed by atoms with E-state index in [1.165, 1.54) is 0 Å². The van der Waals surface area contributed by atoms with E-state index in [4.69, 9.17) is 16.7 Å². The first-order chi connectivity index (χ1) is 13.2. The van der Waals surface area contributed by atoms with Gasteiger partial charge in [0.1, 0.15) is 5.69 Å². The molecule has 4 nitrogen and oxygen atoms in total. The predicted octanol–water partition coefficient (Wildman–Crippen LogP) is 5.45. The summed E-state index contributed by atoms with van der Waals surface area (Å²) in [6, 6.07) is 19.1. The highest BCUT2D eigenvalue weighted by atomic mass is 35.5. The van der Waals surface area contributed by atoms with E-state index in [0.29, 0.717) is 16.4 Å². The molecule has 1 heterocycles. The van der Waals surface area contributed by atoms with Gasteiger partial charge < -0.3 is 4.90 Å². The van der Waals surface area contributed by atoms with Crippen LogP contribution in [0.2, 0.25) is 5.02 Å². The highest BCUT2D eigenvalue weighted by Gasteiger charge is 2.22. The molecule has 0 saturated heterocycles. The Kier molecular flexibility index (Phi) is 6.30. The highest BCUT2D eigenvalue weighted by molar-refractivity contribution is 6.33. The van der Waals surface area contributed by atoms with Crippen molar-refractivity contribution in [3.63, 3.8) is 0 Å². The molecule has 27 heavy (non-hydrogen) atoms. The second-order valence-corrected chi connectivity index (χ2v) is 6.84. The van der Waals surface area contributed by atoms with Crippen molar-refractivity contribution in [3.05, 3.63) is 71.4 Å². The number of para-hydroxylation sites is 1. The van der Waals surface area contributed by atoms with E-state index < -0.39 is 0 Å². The number of benzene rings is 2. The van der Waals surface area contributed by atoms with Gasteiger partial charge in [-0.25, -0.2) is 4.68 Å². The Hall–Kier alpha value is -2.59. The summed E-state index contributed by atoms with van der Waals surface area (Å²) in [6.07, 6.45) is 1.84. The van der Waals surface area contributed by atoms with Crippen LogP contribution in [-0.2, 0) is 0 Å². The first-order valence-corrected chi connectivity index (χ1v) is 9.73. The van der Waals surface area contributed by atoms with Gasteiger partial charge in [0, 0.05) is 18.7 Å². The van der Waals surface area contributed by atoms with Crippen LogP contribution in [0.3, 0.4) is 0 Å². The average Bonchev–Trinajstić information content (AvgIpc) is 3.13. The van der Waals surface area contributed by atoms with Gasteiger partial charge >= 0.3 is 0 Å². The van der Waals surface area contributed by atoms with Crippen molar-refractivity contribution in [2.45, 2.75) is 26.7 Å². The van der Waals surface area contributed by atoms with Gasteiger partial charge in [0.15, 0.2) is 0 Å². The summed E-state index contributed by atoms with van der Waals surface area (Å²) in [5.74, 6) is -0.00615. The summed E-state index contributed by atoms with van der Waals surface area (Å²) in [6.45, 7) is 5.63. The van der Waals surface area contributed by atoms with Gasteiger partial charge in [0.25, 0.3) is 5.91 Å². The van der Waals surface area contributed by atoms with Crippen LogP contribution in [0.4, 0.5) is 0 Å². The summed E-state index contributed by atoms with van der Waals surface area (Å²) in [4.78, 5) is 15.2. The molecule has 3 rings (SSSR count). The monoisotopic (exact) mass is 381 g/mol. The fourth-order valence-corrected chi connectivity index (χ4v) is 3.35. The van der Waals surface area contributed by atoms with Crippen LogP contribution in [0.1, 0.15) is 37.2 Å². The standard InChI is InChI=1S/C22H24ClN3O/c1-3-14-25(15-4-2)22(27)21-16-20(18-12-8-9-13-19(18)23)24-26(21)17-10-6-5-7-11-17/h5-13,16H,3-4,14-15H2,1-2H3. The molecule has 0 fully saturated rings. The molecule has 0 saturated carbocycles. The minimum atomic E-state index is -0.00615. The SMILES string of the molecule is CCCN(CCC)C(=O)c1cc(-c2ccccc2Cl)nn1-c1ccccc1. The molecule has 0 N–H and O–H groups in total. The number of hydrogen-bond donors (Lipinski definition) is 0. The molecule has 2 aromatic carbocycles. The van der Waals surface area contributed by atoms with Gasteiger partial charge in [-0.15, -0.1) is 0 Å². The number of hydrogen-bond acceptors (Lipinski definition) is 2. The van der Waals surface area contributed by atoms with Crippen LogP contribution < -0.4 is 0 Å². The molecule has 3 aromatic rings. The minimum Gasteiger partial charge on any atom is -0.337 e. The Balaban J connectivity index is 2.11. The van der Waals surface area contributed by atoms with E-state index in [1.54, 1.807) is 4.68 Å². The van der Waals surface area contributed by atoms with Crippen molar-refractivity contribution in [1.29, 1.82) is 0 Å². The molecule has 1 aromatic heterocycles. The van der Waals surface area contributed by atoms with E-state index in [2.05, 4.69) is 13.8 Å². The molecule has 1 amide bonds. The summed E-state index contributed by atoms with van der Waals surface area (Å²) < 4.78 is 1.72. The lowest BCUT2D eigenvalue weighted by Crippen LogP contribution is -2.33. The zero-order valence-electron chi connectivity index (χ0n) is 15.7. The number of halogens is 1. The molecule has 0 unspecified atom stereocenters. The van der Waals surface area contributed by atoms with Crippen molar-refractivity contribution in [2.24, 2.45) is 0 Å². The fraction of sp³-hybridized carbons (Fsp3) is 0.273. The van der Waals surface area contributed by atoms with E-state index in [0.717, 1.165) is 37.2 Å². The molecule has 0 atom stereocenters. The van der Waals surface area contributed by atoms with Gasteiger partial charge in [-0.1, -0.05) is 61.8 Å². The van der Waals surface area contributed by atoms with Crippen molar-refractivity contribution < 1.29 is 4.79 Å². The molecule has 0 aliphatic rings. The predicted molar refractivity (Wildman–Crippen MR) is 110 cm³/mol. The molecule has 5 heteroatoms. The number of amides is 1. The van der Waals surface area contributed by atoms with Crippen molar-refractivity contribution >= 4 is 17.5 Å². The summed E-state index contributed by atoms with van der Waals surface area (Å²) >= 11 is 6.36. The normalized spacial score (nSPS) is 10.8. The van der Waals surface area contributed by atoms with Crippen LogP contribution in [0.25, 0.3) is 16.9 Å². The van der Waals surface area contributed by atoms with Gasteiger partial charge in [-0.2, -0.15) is 5.10 Å². The second-order valence-electron chi connectivity index (χ2n) is 6.43. The first-order valence-electron chi connectivity index (χ1n) is 9.35. The lowest BCUT2D eigenvalue weighted by atomic mass is 10.1. The maximum Gasteiger partial charge on any atom is 0.272 e. The zero-order chi connectivity index (χ0) is 19.2. The third-order valence-electron chi connectivity index (χ3n) is 4.35. The van der Waals surface area contributed by atoms with Gasteiger partial charge in [-0.05, 0) is 37.1 Å². The summed E-state index contributed by atoms with van der Waals surface area (Å²) in [7, 11) is 0. The minimum absolute atomic E-state index is 0.00615.